The summed E-state index contributed by atoms with van der Waals surface area (Å²) in [6.45, 7) is 7.10. The molecule has 0 unspecified atom stereocenters. The van der Waals surface area contributed by atoms with E-state index < -0.39 is 0 Å². The summed E-state index contributed by atoms with van der Waals surface area (Å²) in [5, 5.41) is 2.96. The monoisotopic (exact) mass is 500 g/mol. The molecule has 0 aliphatic carbocycles. The molecule has 2 heterocycles. The van der Waals surface area contributed by atoms with E-state index in [0.29, 0.717) is 28.9 Å². The molecule has 0 atom stereocenters. The number of halogens is 1. The Morgan fingerprint density at radius 1 is 0.865 bits per heavy atom. The lowest BCUT2D eigenvalue weighted by atomic mass is 10.1. The second-order valence-electron chi connectivity index (χ2n) is 9.91. The minimum absolute atomic E-state index is 0.00715. The van der Waals surface area contributed by atoms with Crippen LogP contribution in [-0.2, 0) is 6.54 Å². The zero-order valence-electron chi connectivity index (χ0n) is 21.3. The fourth-order valence-corrected chi connectivity index (χ4v) is 5.07. The van der Waals surface area contributed by atoms with Crippen LogP contribution in [0.2, 0.25) is 0 Å². The van der Waals surface area contributed by atoms with Crippen LogP contribution < -0.4 is 10.2 Å². The number of nitrogens with zero attached hydrogens (tertiary/aromatic N) is 3. The van der Waals surface area contributed by atoms with Gasteiger partial charge in [-0.1, -0.05) is 35.9 Å². The topological polar surface area (TPSA) is 55.9 Å². The molecule has 0 bridgehead atoms. The lowest BCUT2D eigenvalue weighted by molar-refractivity contribution is 0.0792. The molecular formula is C30H33FN4O2. The highest BCUT2D eigenvalue weighted by molar-refractivity contribution is 6.06. The number of benzene rings is 3. The van der Waals surface area contributed by atoms with Gasteiger partial charge in [0.25, 0.3) is 11.8 Å². The van der Waals surface area contributed by atoms with Gasteiger partial charge in [-0.25, -0.2) is 4.39 Å². The fraction of sp³-hybridized carbons (Fsp3) is 0.333. The van der Waals surface area contributed by atoms with Gasteiger partial charge in [-0.3, -0.25) is 14.5 Å². The standard InChI is InChI=1S/C30H33FN4O2/c1-22-8-10-23(11-9-22)29(36)32-25-12-13-28(26(20-25)30(37)35-14-4-5-15-35)34-18-16-33(17-19-34)21-24-6-2-3-7-27(24)31/h2-3,6-13,20H,4-5,14-19,21H2,1H3,(H,32,36). The molecule has 0 aromatic heterocycles. The van der Waals surface area contributed by atoms with Crippen LogP contribution in [0.1, 0.15) is 44.7 Å². The van der Waals surface area contributed by atoms with Gasteiger partial charge in [-0.05, 0) is 56.2 Å². The fourth-order valence-electron chi connectivity index (χ4n) is 5.07. The highest BCUT2D eigenvalue weighted by Gasteiger charge is 2.27. The second kappa shape index (κ2) is 11.1. The summed E-state index contributed by atoms with van der Waals surface area (Å²) in [6.07, 6.45) is 2.03. The van der Waals surface area contributed by atoms with Gasteiger partial charge in [0.1, 0.15) is 5.82 Å². The smallest absolute Gasteiger partial charge is 0.256 e. The largest absolute Gasteiger partial charge is 0.368 e. The Morgan fingerprint density at radius 2 is 1.57 bits per heavy atom. The number of piperazine rings is 1. The van der Waals surface area contributed by atoms with Crippen molar-refractivity contribution in [3.05, 3.63) is 94.8 Å². The van der Waals surface area contributed by atoms with Crippen molar-refractivity contribution < 1.29 is 14.0 Å². The quantitative estimate of drug-likeness (QED) is 0.521. The zero-order chi connectivity index (χ0) is 25.8. The van der Waals surface area contributed by atoms with E-state index in [1.54, 1.807) is 18.2 Å². The Labute approximate surface area is 217 Å². The van der Waals surface area contributed by atoms with E-state index in [1.165, 1.54) is 6.07 Å². The predicted molar refractivity (Wildman–Crippen MR) is 145 cm³/mol. The molecule has 3 aromatic carbocycles. The van der Waals surface area contributed by atoms with E-state index in [-0.39, 0.29) is 17.6 Å². The van der Waals surface area contributed by atoms with Gasteiger partial charge < -0.3 is 15.1 Å². The molecule has 3 aromatic rings. The molecule has 0 saturated carbocycles. The van der Waals surface area contributed by atoms with Gasteiger partial charge >= 0.3 is 0 Å². The zero-order valence-corrected chi connectivity index (χ0v) is 21.3. The number of rotatable bonds is 6. The highest BCUT2D eigenvalue weighted by Crippen LogP contribution is 2.29. The van der Waals surface area contributed by atoms with Crippen LogP contribution in [0.15, 0.2) is 66.7 Å². The molecule has 1 N–H and O–H groups in total. The lowest BCUT2D eigenvalue weighted by Crippen LogP contribution is -2.46. The molecule has 0 radical (unpaired) electrons. The number of nitrogens with one attached hydrogen (secondary N) is 1. The molecule has 192 valence electrons. The van der Waals surface area contributed by atoms with E-state index in [1.807, 2.05) is 54.3 Å². The van der Waals surface area contributed by atoms with Gasteiger partial charge in [0.2, 0.25) is 0 Å². The van der Waals surface area contributed by atoms with Crippen molar-refractivity contribution >= 4 is 23.2 Å². The van der Waals surface area contributed by atoms with Crippen LogP contribution in [0.25, 0.3) is 0 Å². The molecule has 7 heteroatoms. The van der Waals surface area contributed by atoms with E-state index in [0.717, 1.165) is 63.4 Å². The summed E-state index contributed by atoms with van der Waals surface area (Å²) in [4.78, 5) is 32.7. The number of carbonyl (C=O) groups excluding carboxylic acids is 2. The Morgan fingerprint density at radius 3 is 2.27 bits per heavy atom. The molecule has 2 amide bonds. The first-order chi connectivity index (χ1) is 18.0. The average Bonchev–Trinajstić information content (AvgIpc) is 3.46. The summed E-state index contributed by atoms with van der Waals surface area (Å²) < 4.78 is 14.1. The molecule has 2 aliphatic rings. The predicted octanol–water partition coefficient (Wildman–Crippen LogP) is 4.94. The number of aryl methyl sites for hydroxylation is 1. The molecular weight excluding hydrogens is 467 g/mol. The Bertz CT molecular complexity index is 1260. The summed E-state index contributed by atoms with van der Waals surface area (Å²) in [5.74, 6) is -0.367. The van der Waals surface area contributed by atoms with Crippen LogP contribution in [0, 0.1) is 12.7 Å². The van der Waals surface area contributed by atoms with Crippen molar-refractivity contribution in [3.63, 3.8) is 0 Å². The molecule has 37 heavy (non-hydrogen) atoms. The number of hydrogen-bond donors (Lipinski definition) is 1. The van der Waals surface area contributed by atoms with Crippen molar-refractivity contribution in [2.75, 3.05) is 49.5 Å². The van der Waals surface area contributed by atoms with Crippen molar-refractivity contribution in [2.24, 2.45) is 0 Å². The maximum atomic E-state index is 14.1. The number of hydrogen-bond acceptors (Lipinski definition) is 4. The third kappa shape index (κ3) is 5.83. The maximum Gasteiger partial charge on any atom is 0.256 e. The molecule has 6 nitrogen and oxygen atoms in total. The Balaban J connectivity index is 1.33. The number of carbonyl (C=O) groups is 2. The van der Waals surface area contributed by atoms with Crippen LogP contribution in [-0.4, -0.2) is 60.9 Å². The Kier molecular flexibility index (Phi) is 7.51. The molecule has 0 spiro atoms. The third-order valence-corrected chi connectivity index (χ3v) is 7.26. The molecule has 5 rings (SSSR count). The number of anilines is 2. The first kappa shape index (κ1) is 25.0. The van der Waals surface area contributed by atoms with E-state index in [9.17, 15) is 14.0 Å². The van der Waals surface area contributed by atoms with Crippen LogP contribution in [0.4, 0.5) is 15.8 Å². The number of likely N-dealkylation sites (tertiary alicyclic amines) is 1. The maximum absolute atomic E-state index is 14.1. The first-order valence-corrected chi connectivity index (χ1v) is 13.0. The lowest BCUT2D eigenvalue weighted by Gasteiger charge is -2.37. The van der Waals surface area contributed by atoms with E-state index in [4.69, 9.17) is 0 Å². The van der Waals surface area contributed by atoms with Gasteiger partial charge in [-0.2, -0.15) is 0 Å². The van der Waals surface area contributed by atoms with E-state index in [2.05, 4.69) is 15.1 Å². The molecule has 2 saturated heterocycles. The van der Waals surface area contributed by atoms with E-state index >= 15 is 0 Å². The summed E-state index contributed by atoms with van der Waals surface area (Å²) in [7, 11) is 0. The normalized spacial score (nSPS) is 16.2. The van der Waals surface area contributed by atoms with Gasteiger partial charge in [-0.15, -0.1) is 0 Å². The molecule has 2 fully saturated rings. The first-order valence-electron chi connectivity index (χ1n) is 13.0. The SMILES string of the molecule is Cc1ccc(C(=O)Nc2ccc(N3CCN(Cc4ccccc4F)CC3)c(C(=O)N3CCCC3)c2)cc1. The van der Waals surface area contributed by atoms with Gasteiger partial charge in [0.15, 0.2) is 0 Å². The highest BCUT2D eigenvalue weighted by atomic mass is 19.1. The number of amides is 2. The minimum Gasteiger partial charge on any atom is -0.368 e. The van der Waals surface area contributed by atoms with Crippen molar-refractivity contribution in [3.8, 4) is 0 Å². The second-order valence-corrected chi connectivity index (χ2v) is 9.91. The van der Waals surface area contributed by atoms with Gasteiger partial charge in [0, 0.05) is 68.3 Å². The molecule has 2 aliphatic heterocycles. The van der Waals surface area contributed by atoms with Crippen LogP contribution >= 0.6 is 0 Å². The van der Waals surface area contributed by atoms with Crippen molar-refractivity contribution in [2.45, 2.75) is 26.3 Å². The average molecular weight is 501 g/mol. The minimum atomic E-state index is -0.200. The summed E-state index contributed by atoms with van der Waals surface area (Å²) in [5.41, 5.74) is 4.48. The van der Waals surface area contributed by atoms with Crippen LogP contribution in [0.5, 0.6) is 0 Å². The Hall–Kier alpha value is -3.71. The van der Waals surface area contributed by atoms with Crippen molar-refractivity contribution in [1.29, 1.82) is 0 Å². The van der Waals surface area contributed by atoms with Crippen LogP contribution in [0.3, 0.4) is 0 Å². The summed E-state index contributed by atoms with van der Waals surface area (Å²) >= 11 is 0. The van der Waals surface area contributed by atoms with Crippen molar-refractivity contribution in [1.82, 2.24) is 9.80 Å². The third-order valence-electron chi connectivity index (χ3n) is 7.26. The summed E-state index contributed by atoms with van der Waals surface area (Å²) in [6, 6.07) is 20.0. The van der Waals surface area contributed by atoms with Gasteiger partial charge in [0.05, 0.1) is 5.56 Å².